The predicted molar refractivity (Wildman–Crippen MR) is 45.1 cm³/mol. The summed E-state index contributed by atoms with van der Waals surface area (Å²) in [6.45, 7) is 0. The van der Waals surface area contributed by atoms with Crippen molar-refractivity contribution in [2.45, 2.75) is 40.5 Å². The molecular weight excluding hydrogens is 411 g/mol. The second-order valence-corrected chi connectivity index (χ2v) is 6.09. The van der Waals surface area contributed by atoms with Gasteiger partial charge in [0, 0.05) is 0 Å². The van der Waals surface area contributed by atoms with Crippen molar-refractivity contribution in [3.05, 3.63) is 0 Å². The second kappa shape index (κ2) is 4.39. The Balaban J connectivity index is 4.31. The lowest BCUT2D eigenvalue weighted by Gasteiger charge is -2.54. The summed E-state index contributed by atoms with van der Waals surface area (Å²) >= 11 is 0. The van der Waals surface area contributed by atoms with E-state index in [1.807, 2.05) is 0 Å². The van der Waals surface area contributed by atoms with E-state index in [0.29, 0.717) is 0 Å². The first-order chi connectivity index (χ1) is 10.0. The van der Waals surface area contributed by atoms with Gasteiger partial charge in [0.2, 0.25) is 0 Å². The summed E-state index contributed by atoms with van der Waals surface area (Å²) < 4.78 is 190. The Morgan fingerprint density at radius 3 is 0.958 bits per heavy atom. The zero-order valence-corrected chi connectivity index (χ0v) is 10.9. The van der Waals surface area contributed by atoms with E-state index in [9.17, 15) is 65.5 Å². The van der Waals surface area contributed by atoms with Gasteiger partial charge in [-0.3, -0.25) is 4.55 Å². The highest BCUT2D eigenvalue weighted by Crippen LogP contribution is 2.73. The number of rotatable bonds is 1. The van der Waals surface area contributed by atoms with Crippen molar-refractivity contribution >= 4 is 10.1 Å². The highest BCUT2D eigenvalue weighted by Gasteiger charge is 3.07. The molecule has 0 unspecified atom stereocenters. The van der Waals surface area contributed by atoms with Crippen LogP contribution in [-0.4, -0.2) is 53.5 Å². The second-order valence-electron chi connectivity index (χ2n) is 4.53. The normalized spacial score (nSPS) is 29.9. The molecule has 0 amide bonds. The van der Waals surface area contributed by atoms with Crippen molar-refractivity contribution in [3.63, 3.8) is 0 Å². The molecule has 0 radical (unpaired) electrons. The highest BCUT2D eigenvalue weighted by atomic mass is 32.2. The van der Waals surface area contributed by atoms with Crippen molar-refractivity contribution in [1.29, 1.82) is 0 Å². The van der Waals surface area contributed by atoms with Gasteiger partial charge in [-0.1, -0.05) is 0 Å². The van der Waals surface area contributed by atoms with Gasteiger partial charge in [0.05, 0.1) is 0 Å². The van der Waals surface area contributed by atoms with Gasteiger partial charge in [-0.05, 0) is 0 Å². The van der Waals surface area contributed by atoms with Gasteiger partial charge in [-0.25, -0.2) is 0 Å². The molecule has 0 aliphatic heterocycles. The van der Waals surface area contributed by atoms with Gasteiger partial charge in [-0.2, -0.15) is 65.5 Å². The largest absolute Gasteiger partial charge is 0.423 e. The molecule has 1 N–H and O–H groups in total. The van der Waals surface area contributed by atoms with Crippen molar-refractivity contribution in [3.8, 4) is 0 Å². The molecule has 0 aromatic rings. The first kappa shape index (κ1) is 21.0. The molecule has 0 saturated heterocycles. The summed E-state index contributed by atoms with van der Waals surface area (Å²) in [5.41, 5.74) is 0. The lowest BCUT2D eigenvalue weighted by atomic mass is 9.73. The third-order valence-corrected chi connectivity index (χ3v) is 4.77. The quantitative estimate of drug-likeness (QED) is 0.531. The molecule has 0 atom stereocenters. The molecule has 144 valence electrons. The highest BCUT2D eigenvalue weighted by molar-refractivity contribution is 7.87. The molecule has 17 heteroatoms. The zero-order chi connectivity index (χ0) is 20.0. The topological polar surface area (TPSA) is 54.4 Å². The Hall–Kier alpha value is -1.00. The fourth-order valence-electron chi connectivity index (χ4n) is 2.06. The van der Waals surface area contributed by atoms with Gasteiger partial charge in [0.1, 0.15) is 0 Å². The maximum Gasteiger partial charge on any atom is 0.423 e. The van der Waals surface area contributed by atoms with E-state index < -0.39 is 50.7 Å². The number of hydrogen-bond donors (Lipinski definition) is 1. The minimum atomic E-state index is -8.27. The van der Waals surface area contributed by atoms with E-state index in [1.165, 1.54) is 0 Å². The van der Waals surface area contributed by atoms with Crippen molar-refractivity contribution in [2.75, 3.05) is 0 Å². The first-order valence-corrected chi connectivity index (χ1v) is 6.37. The molecule has 1 fully saturated rings. The summed E-state index contributed by atoms with van der Waals surface area (Å²) in [6.07, 6.45) is -7.93. The summed E-state index contributed by atoms with van der Waals surface area (Å²) in [7, 11) is -8.27. The fourth-order valence-corrected chi connectivity index (χ4v) is 3.25. The lowest BCUT2D eigenvalue weighted by molar-refractivity contribution is -0.478. The fraction of sp³-hybridized carbons (Fsp3) is 1.00. The maximum absolute atomic E-state index is 13.3. The third-order valence-electron chi connectivity index (χ3n) is 3.25. The van der Waals surface area contributed by atoms with E-state index >= 15 is 0 Å². The van der Waals surface area contributed by atoms with Crippen LogP contribution in [-0.2, 0) is 10.1 Å². The van der Waals surface area contributed by atoms with E-state index in [1.54, 1.807) is 0 Å². The number of halogens is 13. The molecule has 0 aromatic heterocycles. The molecule has 0 aromatic carbocycles. The number of hydrogen-bond acceptors (Lipinski definition) is 2. The van der Waals surface area contributed by atoms with E-state index in [0.717, 1.165) is 0 Å². The summed E-state index contributed by atoms with van der Waals surface area (Å²) in [5, 5.41) is 0. The molecule has 0 heterocycles. The van der Waals surface area contributed by atoms with E-state index in [2.05, 4.69) is 0 Å². The Morgan fingerprint density at radius 1 is 0.583 bits per heavy atom. The van der Waals surface area contributed by atoms with Crippen LogP contribution >= 0.6 is 0 Å². The summed E-state index contributed by atoms with van der Waals surface area (Å²) in [4.78, 5) is 0. The van der Waals surface area contributed by atoms with Crippen LogP contribution in [0.2, 0.25) is 0 Å². The van der Waals surface area contributed by atoms with Crippen molar-refractivity contribution in [2.24, 2.45) is 0 Å². The number of alkyl halides is 13. The average Bonchev–Trinajstić information content (AvgIpc) is 2.21. The van der Waals surface area contributed by atoms with Crippen LogP contribution in [0.25, 0.3) is 0 Å². The van der Waals surface area contributed by atoms with Crippen LogP contribution < -0.4 is 0 Å². The molecule has 0 spiro atoms. The summed E-state index contributed by atoms with van der Waals surface area (Å²) in [5.74, 6) is -39.9. The average molecular weight is 412 g/mol. The Bertz CT molecular complexity index is 615. The maximum atomic E-state index is 13.3. The van der Waals surface area contributed by atoms with Gasteiger partial charge in [0.15, 0.2) is 0 Å². The van der Waals surface area contributed by atoms with Gasteiger partial charge in [-0.15, -0.1) is 0 Å². The van der Waals surface area contributed by atoms with Crippen LogP contribution in [0.3, 0.4) is 0 Å². The van der Waals surface area contributed by atoms with E-state index in [-0.39, 0.29) is 0 Å². The molecule has 1 rings (SSSR count). The van der Waals surface area contributed by atoms with E-state index in [4.69, 9.17) is 4.55 Å². The molecule has 1 aliphatic rings. The van der Waals surface area contributed by atoms with Crippen LogP contribution in [0.4, 0.5) is 57.1 Å². The molecule has 0 bridgehead atoms. The van der Waals surface area contributed by atoms with Gasteiger partial charge in [0.25, 0.3) is 10.1 Å². The van der Waals surface area contributed by atoms with Gasteiger partial charge >= 0.3 is 40.5 Å². The van der Waals surface area contributed by atoms with Crippen molar-refractivity contribution in [1.82, 2.24) is 0 Å². The molecule has 1 saturated carbocycles. The minimum Gasteiger partial charge on any atom is -0.284 e. The zero-order valence-electron chi connectivity index (χ0n) is 10.1. The van der Waals surface area contributed by atoms with Crippen LogP contribution in [0, 0.1) is 0 Å². The first-order valence-electron chi connectivity index (χ1n) is 4.93. The summed E-state index contributed by atoms with van der Waals surface area (Å²) in [6, 6.07) is 0. The lowest BCUT2D eigenvalue weighted by Crippen LogP contribution is -2.89. The Morgan fingerprint density at radius 2 is 0.792 bits per heavy atom. The van der Waals surface area contributed by atoms with Crippen LogP contribution in [0.5, 0.6) is 0 Å². The standard InChI is InChI=1S/C7HF13O3S/c8-2(9)1(7(18,19)20,24(21,22)23)3(10,11)5(14,15)6(16,17)4(2,12)13/h(H,21,22,23). The monoisotopic (exact) mass is 412 g/mol. The van der Waals surface area contributed by atoms with Crippen LogP contribution in [0.15, 0.2) is 0 Å². The van der Waals surface area contributed by atoms with Gasteiger partial charge < -0.3 is 0 Å². The minimum absolute atomic E-state index is 7.81. The van der Waals surface area contributed by atoms with Crippen molar-refractivity contribution < 1.29 is 70.0 Å². The smallest absolute Gasteiger partial charge is 0.284 e. The molecule has 24 heavy (non-hydrogen) atoms. The van der Waals surface area contributed by atoms with Crippen LogP contribution in [0.1, 0.15) is 0 Å². The molecular formula is C7HF13O3S. The third kappa shape index (κ3) is 1.67. The Labute approximate surface area is 122 Å². The molecule has 1 aliphatic carbocycles. The SMILES string of the molecule is O=S(=O)(O)C1(C(F)(F)F)C(F)(F)C(F)(F)C(F)(F)C(F)(F)C1(F)F. The Kier molecular flexibility index (Phi) is 3.85. The predicted octanol–water partition coefficient (Wildman–Crippen LogP) is 3.37. The molecule has 3 nitrogen and oxygen atoms in total.